The van der Waals surface area contributed by atoms with E-state index in [0.717, 1.165) is 18.3 Å². The maximum Gasteiger partial charge on any atom is 0.420 e. The van der Waals surface area contributed by atoms with Crippen molar-refractivity contribution in [3.05, 3.63) is 52.5 Å². The van der Waals surface area contributed by atoms with Gasteiger partial charge in [0.1, 0.15) is 11.3 Å². The van der Waals surface area contributed by atoms with Crippen LogP contribution < -0.4 is 4.74 Å². The van der Waals surface area contributed by atoms with Gasteiger partial charge in [-0.25, -0.2) is 4.98 Å². The van der Waals surface area contributed by atoms with E-state index in [-0.39, 0.29) is 5.88 Å². The van der Waals surface area contributed by atoms with Gasteiger partial charge in [0.05, 0.1) is 11.1 Å². The molecule has 2 rings (SSSR count). The van der Waals surface area contributed by atoms with E-state index in [1.165, 1.54) is 12.4 Å². The molecule has 0 amide bonds. The number of nitro benzene ring substituents is 1. The quantitative estimate of drug-likeness (QED) is 0.639. The first-order valence-electron chi connectivity index (χ1n) is 5.17. The highest BCUT2D eigenvalue weighted by Crippen LogP contribution is 2.39. The van der Waals surface area contributed by atoms with Gasteiger partial charge in [-0.05, 0) is 6.07 Å². The van der Waals surface area contributed by atoms with Crippen LogP contribution in [0.15, 0.2) is 36.8 Å². The van der Waals surface area contributed by atoms with Crippen LogP contribution in [-0.4, -0.2) is 14.9 Å². The molecule has 6 nitrogen and oxygen atoms in total. The first kappa shape index (κ1) is 13.7. The van der Waals surface area contributed by atoms with Crippen LogP contribution >= 0.6 is 0 Å². The third kappa shape index (κ3) is 2.99. The van der Waals surface area contributed by atoms with E-state index in [0.29, 0.717) is 6.07 Å². The molecule has 0 aliphatic rings. The van der Waals surface area contributed by atoms with E-state index in [1.807, 2.05) is 0 Å². The molecule has 0 aliphatic carbocycles. The average molecular weight is 285 g/mol. The first-order chi connectivity index (χ1) is 9.38. The van der Waals surface area contributed by atoms with Crippen LogP contribution in [0.1, 0.15) is 5.56 Å². The highest BCUT2D eigenvalue weighted by atomic mass is 19.4. The van der Waals surface area contributed by atoms with Crippen LogP contribution in [0.4, 0.5) is 18.9 Å². The first-order valence-corrected chi connectivity index (χ1v) is 5.17. The molecule has 0 saturated carbocycles. The smallest absolute Gasteiger partial charge is 0.420 e. The van der Waals surface area contributed by atoms with Gasteiger partial charge in [-0.2, -0.15) is 13.2 Å². The zero-order chi connectivity index (χ0) is 14.8. The van der Waals surface area contributed by atoms with Gasteiger partial charge in [-0.3, -0.25) is 15.1 Å². The number of rotatable bonds is 3. The number of non-ortho nitro benzene ring substituents is 1. The number of ether oxygens (including phenoxy) is 1. The molecule has 1 heterocycles. The monoisotopic (exact) mass is 285 g/mol. The van der Waals surface area contributed by atoms with Crippen molar-refractivity contribution in [2.24, 2.45) is 0 Å². The highest BCUT2D eigenvalue weighted by molar-refractivity contribution is 5.46. The molecule has 20 heavy (non-hydrogen) atoms. The van der Waals surface area contributed by atoms with Crippen molar-refractivity contribution in [1.82, 2.24) is 9.97 Å². The highest BCUT2D eigenvalue weighted by Gasteiger charge is 2.36. The van der Waals surface area contributed by atoms with E-state index in [4.69, 9.17) is 4.74 Å². The Bertz CT molecular complexity index is 632. The SMILES string of the molecule is O=[N+]([O-])c1ccc(Oc2cnccn2)c(C(F)(F)F)c1. The standard InChI is InChI=1S/C11H6F3N3O3/c12-11(13,14)8-5-7(17(18)19)1-2-9(8)20-10-6-15-3-4-16-10/h1-6H. The fourth-order valence-electron chi connectivity index (χ4n) is 1.39. The molecule has 0 radical (unpaired) electrons. The summed E-state index contributed by atoms with van der Waals surface area (Å²) in [5.74, 6) is -0.726. The van der Waals surface area contributed by atoms with E-state index < -0.39 is 28.1 Å². The number of benzene rings is 1. The summed E-state index contributed by atoms with van der Waals surface area (Å²) in [5.41, 5.74) is -1.93. The Kier molecular flexibility index (Phi) is 3.51. The molecule has 0 N–H and O–H groups in total. The summed E-state index contributed by atoms with van der Waals surface area (Å²) in [4.78, 5) is 16.9. The molecule has 1 aromatic heterocycles. The van der Waals surface area contributed by atoms with Gasteiger partial charge in [0.2, 0.25) is 5.88 Å². The van der Waals surface area contributed by atoms with E-state index >= 15 is 0 Å². The Morgan fingerprint density at radius 1 is 1.25 bits per heavy atom. The van der Waals surface area contributed by atoms with Gasteiger partial charge in [0, 0.05) is 24.5 Å². The van der Waals surface area contributed by atoms with Crippen molar-refractivity contribution in [2.75, 3.05) is 0 Å². The number of hydrogen-bond donors (Lipinski definition) is 0. The molecule has 0 saturated heterocycles. The fourth-order valence-corrected chi connectivity index (χ4v) is 1.39. The lowest BCUT2D eigenvalue weighted by molar-refractivity contribution is -0.385. The van der Waals surface area contributed by atoms with Gasteiger partial charge >= 0.3 is 6.18 Å². The second-order valence-electron chi connectivity index (χ2n) is 3.58. The largest absolute Gasteiger partial charge is 0.437 e. The zero-order valence-corrected chi connectivity index (χ0v) is 9.66. The lowest BCUT2D eigenvalue weighted by Crippen LogP contribution is -2.08. The van der Waals surface area contributed by atoms with Crippen molar-refractivity contribution < 1.29 is 22.8 Å². The third-order valence-corrected chi connectivity index (χ3v) is 2.23. The molecule has 0 unspecified atom stereocenters. The molecule has 0 bridgehead atoms. The summed E-state index contributed by atoms with van der Waals surface area (Å²) in [6.45, 7) is 0. The summed E-state index contributed by atoms with van der Waals surface area (Å²) >= 11 is 0. The lowest BCUT2D eigenvalue weighted by Gasteiger charge is -2.12. The Morgan fingerprint density at radius 3 is 2.55 bits per heavy atom. The predicted molar refractivity (Wildman–Crippen MR) is 60.2 cm³/mol. The van der Waals surface area contributed by atoms with Crippen molar-refractivity contribution in [3.63, 3.8) is 0 Å². The molecule has 0 spiro atoms. The third-order valence-electron chi connectivity index (χ3n) is 2.23. The van der Waals surface area contributed by atoms with Gasteiger partial charge in [-0.1, -0.05) is 0 Å². The number of aromatic nitrogens is 2. The normalized spacial score (nSPS) is 11.2. The van der Waals surface area contributed by atoms with Crippen molar-refractivity contribution >= 4 is 5.69 Å². The Morgan fingerprint density at radius 2 is 2.00 bits per heavy atom. The summed E-state index contributed by atoms with van der Waals surface area (Å²) < 4.78 is 43.5. The van der Waals surface area contributed by atoms with Gasteiger partial charge in [0.25, 0.3) is 5.69 Å². The van der Waals surface area contributed by atoms with Gasteiger partial charge < -0.3 is 4.74 Å². The van der Waals surface area contributed by atoms with Crippen LogP contribution in [0.5, 0.6) is 11.6 Å². The molecule has 9 heteroatoms. The summed E-state index contributed by atoms with van der Waals surface area (Å²) in [6, 6.07) is 2.20. The number of nitro groups is 1. The van der Waals surface area contributed by atoms with Crippen molar-refractivity contribution in [3.8, 4) is 11.6 Å². The summed E-state index contributed by atoms with van der Waals surface area (Å²) in [6.07, 6.45) is -1.09. The average Bonchev–Trinajstić information content (AvgIpc) is 2.39. The van der Waals surface area contributed by atoms with E-state index in [9.17, 15) is 23.3 Å². The molecule has 0 aliphatic heterocycles. The van der Waals surface area contributed by atoms with Crippen LogP contribution in [0.2, 0.25) is 0 Å². The number of alkyl halides is 3. The van der Waals surface area contributed by atoms with Crippen LogP contribution in [0.3, 0.4) is 0 Å². The van der Waals surface area contributed by atoms with Gasteiger partial charge in [-0.15, -0.1) is 0 Å². The van der Waals surface area contributed by atoms with Crippen LogP contribution in [0, 0.1) is 10.1 Å². The zero-order valence-electron chi connectivity index (χ0n) is 9.66. The van der Waals surface area contributed by atoms with Crippen LogP contribution in [0.25, 0.3) is 0 Å². The topological polar surface area (TPSA) is 78.2 Å². The number of hydrogen-bond acceptors (Lipinski definition) is 5. The molecule has 104 valence electrons. The van der Waals surface area contributed by atoms with E-state index in [1.54, 1.807) is 0 Å². The maximum absolute atomic E-state index is 12.9. The molecule has 1 aromatic carbocycles. The van der Waals surface area contributed by atoms with Crippen molar-refractivity contribution in [1.29, 1.82) is 0 Å². The lowest BCUT2D eigenvalue weighted by atomic mass is 10.1. The molecule has 0 atom stereocenters. The fraction of sp³-hybridized carbons (Fsp3) is 0.0909. The van der Waals surface area contributed by atoms with Crippen LogP contribution in [-0.2, 0) is 6.18 Å². The minimum atomic E-state index is -4.79. The second-order valence-corrected chi connectivity index (χ2v) is 3.58. The minimum absolute atomic E-state index is 0.146. The molecular weight excluding hydrogens is 279 g/mol. The number of nitrogens with zero attached hydrogens (tertiary/aromatic N) is 3. The summed E-state index contributed by atoms with van der Waals surface area (Å²) in [5, 5.41) is 10.5. The van der Waals surface area contributed by atoms with Gasteiger partial charge in [0.15, 0.2) is 0 Å². The molecular formula is C11H6F3N3O3. The Balaban J connectivity index is 2.45. The van der Waals surface area contributed by atoms with Crippen molar-refractivity contribution in [2.45, 2.75) is 6.18 Å². The van der Waals surface area contributed by atoms with E-state index in [2.05, 4.69) is 9.97 Å². The maximum atomic E-state index is 12.9. The second kappa shape index (κ2) is 5.11. The summed E-state index contributed by atoms with van der Waals surface area (Å²) in [7, 11) is 0. The predicted octanol–water partition coefficient (Wildman–Crippen LogP) is 3.20. The Labute approximate surface area is 110 Å². The Hall–Kier alpha value is -2.71. The molecule has 0 fully saturated rings. The number of halogens is 3. The molecule has 2 aromatic rings. The minimum Gasteiger partial charge on any atom is -0.437 e.